The third-order valence-corrected chi connectivity index (χ3v) is 5.05. The lowest BCUT2D eigenvalue weighted by molar-refractivity contribution is -0.139. The van der Waals surface area contributed by atoms with E-state index in [9.17, 15) is 14.4 Å². The van der Waals surface area contributed by atoms with Crippen molar-refractivity contribution < 1.29 is 18.8 Å². The fraction of sp³-hybridized carbons (Fsp3) is 0.316. The smallest absolute Gasteiger partial charge is 0.251 e. The normalized spacial score (nSPS) is 14.1. The van der Waals surface area contributed by atoms with E-state index in [1.54, 1.807) is 42.3 Å². The predicted molar refractivity (Wildman–Crippen MR) is 98.4 cm³/mol. The van der Waals surface area contributed by atoms with E-state index in [-0.39, 0.29) is 37.1 Å². The lowest BCUT2D eigenvalue weighted by Crippen LogP contribution is -2.28. The minimum Gasteiger partial charge on any atom is -0.468 e. The van der Waals surface area contributed by atoms with Crippen molar-refractivity contribution >= 4 is 29.5 Å². The van der Waals surface area contributed by atoms with Crippen molar-refractivity contribution in [3.05, 3.63) is 59.5 Å². The molecular weight excluding hydrogens is 352 g/mol. The van der Waals surface area contributed by atoms with E-state index >= 15 is 0 Å². The van der Waals surface area contributed by atoms with Gasteiger partial charge in [0.1, 0.15) is 5.76 Å². The summed E-state index contributed by atoms with van der Waals surface area (Å²) in [6, 6.07) is 10.8. The van der Waals surface area contributed by atoms with Gasteiger partial charge in [0.05, 0.1) is 18.6 Å². The van der Waals surface area contributed by atoms with Gasteiger partial charge in [0.15, 0.2) is 0 Å². The zero-order valence-electron chi connectivity index (χ0n) is 14.3. The SMILES string of the molecule is O=C(NCCSCc1ccco1)c1ccc(CN2C(=O)CCC2=O)cc1. The maximum absolute atomic E-state index is 12.1. The molecule has 0 unspecified atom stereocenters. The summed E-state index contributed by atoms with van der Waals surface area (Å²) >= 11 is 1.69. The number of imide groups is 1. The highest BCUT2D eigenvalue weighted by molar-refractivity contribution is 7.98. The van der Waals surface area contributed by atoms with Crippen molar-refractivity contribution in [1.82, 2.24) is 10.2 Å². The summed E-state index contributed by atoms with van der Waals surface area (Å²) in [5.41, 5.74) is 1.39. The van der Waals surface area contributed by atoms with Gasteiger partial charge in [0.25, 0.3) is 5.91 Å². The van der Waals surface area contributed by atoms with Crippen molar-refractivity contribution in [3.8, 4) is 0 Å². The highest BCUT2D eigenvalue weighted by Crippen LogP contribution is 2.16. The van der Waals surface area contributed by atoms with Crippen LogP contribution in [0.5, 0.6) is 0 Å². The Labute approximate surface area is 155 Å². The number of carbonyl (C=O) groups is 3. The first-order valence-corrected chi connectivity index (χ1v) is 9.59. The Kier molecular flexibility index (Phi) is 6.12. The van der Waals surface area contributed by atoms with E-state index in [2.05, 4.69) is 5.32 Å². The van der Waals surface area contributed by atoms with Crippen LogP contribution in [-0.2, 0) is 21.9 Å². The molecule has 1 saturated heterocycles. The molecule has 0 bridgehead atoms. The number of likely N-dealkylation sites (tertiary alicyclic amines) is 1. The Morgan fingerprint density at radius 1 is 1.12 bits per heavy atom. The van der Waals surface area contributed by atoms with Crippen LogP contribution in [0, 0.1) is 0 Å². The fourth-order valence-electron chi connectivity index (χ4n) is 2.65. The van der Waals surface area contributed by atoms with Crippen LogP contribution >= 0.6 is 11.8 Å². The van der Waals surface area contributed by atoms with Crippen LogP contribution < -0.4 is 5.32 Å². The standard InChI is InChI=1S/C19H20N2O4S/c22-17-7-8-18(23)21(17)12-14-3-5-15(6-4-14)19(24)20-9-11-26-13-16-2-1-10-25-16/h1-6,10H,7-9,11-13H2,(H,20,24). The number of nitrogens with zero attached hydrogens (tertiary/aromatic N) is 1. The Hall–Kier alpha value is -2.54. The minimum absolute atomic E-state index is 0.135. The molecule has 26 heavy (non-hydrogen) atoms. The molecule has 2 heterocycles. The molecule has 1 fully saturated rings. The lowest BCUT2D eigenvalue weighted by Gasteiger charge is -2.14. The maximum atomic E-state index is 12.1. The first kappa shape index (κ1) is 18.3. The monoisotopic (exact) mass is 372 g/mol. The molecule has 1 N–H and O–H groups in total. The number of nitrogens with one attached hydrogen (secondary N) is 1. The van der Waals surface area contributed by atoms with Crippen molar-refractivity contribution in [3.63, 3.8) is 0 Å². The topological polar surface area (TPSA) is 79.6 Å². The molecular formula is C19H20N2O4S. The van der Waals surface area contributed by atoms with E-state index in [4.69, 9.17) is 4.42 Å². The molecule has 136 valence electrons. The molecule has 1 aromatic carbocycles. The molecule has 1 aliphatic heterocycles. The summed E-state index contributed by atoms with van der Waals surface area (Å²) in [7, 11) is 0. The molecule has 1 aromatic heterocycles. The van der Waals surface area contributed by atoms with Gasteiger partial charge in [0.2, 0.25) is 11.8 Å². The summed E-state index contributed by atoms with van der Waals surface area (Å²) in [6.45, 7) is 0.839. The molecule has 3 rings (SSSR count). The van der Waals surface area contributed by atoms with E-state index in [0.29, 0.717) is 12.1 Å². The van der Waals surface area contributed by atoms with E-state index in [1.807, 2.05) is 12.1 Å². The number of hydrogen-bond acceptors (Lipinski definition) is 5. The second-order valence-electron chi connectivity index (χ2n) is 5.96. The molecule has 0 atom stereocenters. The summed E-state index contributed by atoms with van der Waals surface area (Å²) < 4.78 is 5.25. The second kappa shape index (κ2) is 8.71. The molecule has 6 nitrogen and oxygen atoms in total. The summed E-state index contributed by atoms with van der Waals surface area (Å²) in [5, 5.41) is 2.88. The van der Waals surface area contributed by atoms with Crippen molar-refractivity contribution in [2.24, 2.45) is 0 Å². The summed E-state index contributed by atoms with van der Waals surface area (Å²) in [5.74, 6) is 2.10. The van der Waals surface area contributed by atoms with Gasteiger partial charge in [-0.15, -0.1) is 0 Å². The number of carbonyl (C=O) groups excluding carboxylic acids is 3. The maximum Gasteiger partial charge on any atom is 0.251 e. The number of amides is 3. The molecule has 7 heteroatoms. The predicted octanol–water partition coefficient (Wildman–Crippen LogP) is 2.59. The first-order chi connectivity index (χ1) is 12.6. The molecule has 0 radical (unpaired) electrons. The largest absolute Gasteiger partial charge is 0.468 e. The molecule has 0 spiro atoms. The van der Waals surface area contributed by atoms with Crippen molar-refractivity contribution in [1.29, 1.82) is 0 Å². The van der Waals surface area contributed by atoms with Crippen molar-refractivity contribution in [2.45, 2.75) is 25.1 Å². The van der Waals surface area contributed by atoms with Gasteiger partial charge in [-0.1, -0.05) is 12.1 Å². The third-order valence-electron chi connectivity index (χ3n) is 4.07. The van der Waals surface area contributed by atoms with Gasteiger partial charge in [0, 0.05) is 30.7 Å². The van der Waals surface area contributed by atoms with Gasteiger partial charge in [-0.3, -0.25) is 19.3 Å². The molecule has 0 aliphatic carbocycles. The van der Waals surface area contributed by atoms with Crippen LogP contribution in [0.15, 0.2) is 47.1 Å². The zero-order chi connectivity index (χ0) is 18.4. The molecule has 2 aromatic rings. The summed E-state index contributed by atoms with van der Waals surface area (Å²) in [4.78, 5) is 36.7. The van der Waals surface area contributed by atoms with Gasteiger partial charge in [-0.2, -0.15) is 11.8 Å². The average Bonchev–Trinajstić information content (AvgIpc) is 3.27. The van der Waals surface area contributed by atoms with Gasteiger partial charge in [-0.25, -0.2) is 0 Å². The minimum atomic E-state index is -0.136. The van der Waals surface area contributed by atoms with Crippen LogP contribution in [-0.4, -0.2) is 34.9 Å². The number of thioether (sulfide) groups is 1. The quantitative estimate of drug-likeness (QED) is 0.569. The lowest BCUT2D eigenvalue weighted by atomic mass is 10.1. The van der Waals surface area contributed by atoms with Crippen LogP contribution in [0.2, 0.25) is 0 Å². The van der Waals surface area contributed by atoms with E-state index in [0.717, 1.165) is 22.8 Å². The van der Waals surface area contributed by atoms with Crippen LogP contribution in [0.25, 0.3) is 0 Å². The van der Waals surface area contributed by atoms with E-state index < -0.39 is 0 Å². The fourth-order valence-corrected chi connectivity index (χ4v) is 3.41. The second-order valence-corrected chi connectivity index (χ2v) is 7.06. The van der Waals surface area contributed by atoms with Crippen LogP contribution in [0.1, 0.15) is 34.5 Å². The third kappa shape index (κ3) is 4.76. The Bertz CT molecular complexity index is 755. The Morgan fingerprint density at radius 3 is 2.50 bits per heavy atom. The molecule has 1 aliphatic rings. The van der Waals surface area contributed by atoms with Crippen LogP contribution in [0.4, 0.5) is 0 Å². The zero-order valence-corrected chi connectivity index (χ0v) is 15.1. The highest BCUT2D eigenvalue weighted by atomic mass is 32.2. The number of hydrogen-bond donors (Lipinski definition) is 1. The summed E-state index contributed by atoms with van der Waals surface area (Å²) in [6.07, 6.45) is 2.23. The number of rotatable bonds is 8. The van der Waals surface area contributed by atoms with E-state index in [1.165, 1.54) is 4.90 Å². The average molecular weight is 372 g/mol. The van der Waals surface area contributed by atoms with Gasteiger partial charge < -0.3 is 9.73 Å². The van der Waals surface area contributed by atoms with Crippen molar-refractivity contribution in [2.75, 3.05) is 12.3 Å². The number of furan rings is 1. The first-order valence-electron chi connectivity index (χ1n) is 8.44. The Morgan fingerprint density at radius 2 is 1.85 bits per heavy atom. The number of benzene rings is 1. The molecule has 0 saturated carbocycles. The molecule has 3 amide bonds. The Balaban J connectivity index is 1.41. The van der Waals surface area contributed by atoms with Crippen LogP contribution in [0.3, 0.4) is 0 Å². The van der Waals surface area contributed by atoms with Gasteiger partial charge in [-0.05, 0) is 29.8 Å². The van der Waals surface area contributed by atoms with Gasteiger partial charge >= 0.3 is 0 Å². The highest BCUT2D eigenvalue weighted by Gasteiger charge is 2.28.